The summed E-state index contributed by atoms with van der Waals surface area (Å²) in [5, 5.41) is 3.42. The van der Waals surface area contributed by atoms with Crippen LogP contribution in [-0.4, -0.2) is 13.7 Å². The first-order valence-electron chi connectivity index (χ1n) is 5.16. The highest BCUT2D eigenvalue weighted by molar-refractivity contribution is 14.1. The third-order valence-electron chi connectivity index (χ3n) is 2.10. The van der Waals surface area contributed by atoms with E-state index in [2.05, 4.69) is 53.9 Å². The smallest absolute Gasteiger partial charge is 0.132 e. The van der Waals surface area contributed by atoms with Gasteiger partial charge in [0.15, 0.2) is 0 Å². The Kier molecular flexibility index (Phi) is 5.39. The van der Waals surface area contributed by atoms with Crippen molar-refractivity contribution in [3.63, 3.8) is 0 Å². The van der Waals surface area contributed by atoms with Crippen LogP contribution in [-0.2, 0) is 6.54 Å². The van der Waals surface area contributed by atoms with Gasteiger partial charge in [0.2, 0.25) is 0 Å². The Labute approximate surface area is 106 Å². The van der Waals surface area contributed by atoms with Crippen molar-refractivity contribution in [2.75, 3.05) is 13.7 Å². The highest BCUT2D eigenvalue weighted by atomic mass is 127. The number of hydrogen-bond acceptors (Lipinski definition) is 2. The van der Waals surface area contributed by atoms with Crippen molar-refractivity contribution >= 4 is 22.6 Å². The van der Waals surface area contributed by atoms with E-state index in [0.29, 0.717) is 5.92 Å². The zero-order chi connectivity index (χ0) is 11.3. The normalized spacial score (nSPS) is 10.7. The third kappa shape index (κ3) is 4.38. The Morgan fingerprint density at radius 3 is 2.67 bits per heavy atom. The first-order valence-corrected chi connectivity index (χ1v) is 6.24. The number of nitrogens with one attached hydrogen (secondary N) is 1. The van der Waals surface area contributed by atoms with Gasteiger partial charge in [0.25, 0.3) is 0 Å². The predicted molar refractivity (Wildman–Crippen MR) is 72.3 cm³/mol. The average Bonchev–Trinajstić information content (AvgIpc) is 2.17. The number of methoxy groups -OCH3 is 1. The molecule has 15 heavy (non-hydrogen) atoms. The molecule has 0 spiro atoms. The van der Waals surface area contributed by atoms with Gasteiger partial charge in [-0.05, 0) is 52.7 Å². The molecule has 0 radical (unpaired) electrons. The second-order valence-corrected chi connectivity index (χ2v) is 5.16. The molecule has 0 saturated carbocycles. The minimum absolute atomic E-state index is 0.697. The third-order valence-corrected chi connectivity index (χ3v) is 2.94. The van der Waals surface area contributed by atoms with Gasteiger partial charge in [-0.3, -0.25) is 0 Å². The maximum absolute atomic E-state index is 5.21. The SMILES string of the molecule is COc1ccc(CNCC(C)C)cc1I. The summed E-state index contributed by atoms with van der Waals surface area (Å²) in [7, 11) is 1.70. The van der Waals surface area contributed by atoms with E-state index in [4.69, 9.17) is 4.74 Å². The highest BCUT2D eigenvalue weighted by Crippen LogP contribution is 2.21. The van der Waals surface area contributed by atoms with E-state index in [1.807, 2.05) is 6.07 Å². The Hall–Kier alpha value is -0.290. The summed E-state index contributed by atoms with van der Waals surface area (Å²) in [5.41, 5.74) is 1.31. The second-order valence-electron chi connectivity index (χ2n) is 3.99. The Bertz CT molecular complexity index is 312. The molecular weight excluding hydrogens is 301 g/mol. The molecule has 0 heterocycles. The lowest BCUT2D eigenvalue weighted by Crippen LogP contribution is -2.18. The van der Waals surface area contributed by atoms with Crippen LogP contribution < -0.4 is 10.1 Å². The molecule has 0 aliphatic rings. The fourth-order valence-corrected chi connectivity index (χ4v) is 2.13. The number of benzene rings is 1. The van der Waals surface area contributed by atoms with Crippen LogP contribution in [0.5, 0.6) is 5.75 Å². The summed E-state index contributed by atoms with van der Waals surface area (Å²) in [6.45, 7) is 6.41. The van der Waals surface area contributed by atoms with Gasteiger partial charge in [-0.2, -0.15) is 0 Å². The molecule has 3 heteroatoms. The molecule has 1 N–H and O–H groups in total. The Morgan fingerprint density at radius 1 is 1.40 bits per heavy atom. The van der Waals surface area contributed by atoms with Crippen molar-refractivity contribution in [2.24, 2.45) is 5.92 Å². The summed E-state index contributed by atoms with van der Waals surface area (Å²) in [6.07, 6.45) is 0. The molecule has 0 fully saturated rings. The van der Waals surface area contributed by atoms with E-state index in [1.54, 1.807) is 7.11 Å². The van der Waals surface area contributed by atoms with Crippen LogP contribution in [0.2, 0.25) is 0 Å². The van der Waals surface area contributed by atoms with Crippen LogP contribution in [0.4, 0.5) is 0 Å². The predicted octanol–water partition coefficient (Wildman–Crippen LogP) is 3.05. The lowest BCUT2D eigenvalue weighted by Gasteiger charge is -2.09. The lowest BCUT2D eigenvalue weighted by molar-refractivity contribution is 0.411. The molecule has 2 nitrogen and oxygen atoms in total. The minimum atomic E-state index is 0.697. The maximum atomic E-state index is 5.21. The van der Waals surface area contributed by atoms with Crippen LogP contribution >= 0.6 is 22.6 Å². The second kappa shape index (κ2) is 6.33. The summed E-state index contributed by atoms with van der Waals surface area (Å²) < 4.78 is 6.38. The summed E-state index contributed by atoms with van der Waals surface area (Å²) in [4.78, 5) is 0. The monoisotopic (exact) mass is 319 g/mol. The lowest BCUT2D eigenvalue weighted by atomic mass is 10.2. The summed E-state index contributed by atoms with van der Waals surface area (Å²) in [5.74, 6) is 1.64. The average molecular weight is 319 g/mol. The van der Waals surface area contributed by atoms with Crippen molar-refractivity contribution in [3.8, 4) is 5.75 Å². The van der Waals surface area contributed by atoms with Crippen LogP contribution in [0, 0.1) is 9.49 Å². The quantitative estimate of drug-likeness (QED) is 0.843. The fourth-order valence-electron chi connectivity index (χ4n) is 1.33. The molecule has 0 unspecified atom stereocenters. The van der Waals surface area contributed by atoms with Crippen molar-refractivity contribution < 1.29 is 4.74 Å². The zero-order valence-corrected chi connectivity index (χ0v) is 11.7. The summed E-state index contributed by atoms with van der Waals surface area (Å²) >= 11 is 2.30. The summed E-state index contributed by atoms with van der Waals surface area (Å²) in [6, 6.07) is 6.29. The van der Waals surface area contributed by atoms with Crippen LogP contribution in [0.1, 0.15) is 19.4 Å². The highest BCUT2D eigenvalue weighted by Gasteiger charge is 2.01. The molecule has 1 aromatic carbocycles. The zero-order valence-electron chi connectivity index (χ0n) is 9.51. The van der Waals surface area contributed by atoms with E-state index in [1.165, 1.54) is 9.13 Å². The molecular formula is C12H18INO. The molecule has 0 atom stereocenters. The number of ether oxygens (including phenoxy) is 1. The molecule has 1 aromatic rings. The van der Waals surface area contributed by atoms with Crippen molar-refractivity contribution in [1.82, 2.24) is 5.32 Å². The minimum Gasteiger partial charge on any atom is -0.496 e. The van der Waals surface area contributed by atoms with Gasteiger partial charge < -0.3 is 10.1 Å². The molecule has 84 valence electrons. The molecule has 0 aromatic heterocycles. The standard InChI is InChI=1S/C12H18INO/c1-9(2)7-14-8-10-4-5-12(15-3)11(13)6-10/h4-6,9,14H,7-8H2,1-3H3. The number of rotatable bonds is 5. The van der Waals surface area contributed by atoms with Crippen molar-refractivity contribution in [3.05, 3.63) is 27.3 Å². The molecule has 0 saturated heterocycles. The van der Waals surface area contributed by atoms with Gasteiger partial charge in [0.05, 0.1) is 10.7 Å². The van der Waals surface area contributed by atoms with E-state index in [0.717, 1.165) is 18.8 Å². The van der Waals surface area contributed by atoms with E-state index < -0.39 is 0 Å². The van der Waals surface area contributed by atoms with Crippen molar-refractivity contribution in [1.29, 1.82) is 0 Å². The molecule has 0 amide bonds. The van der Waals surface area contributed by atoms with E-state index >= 15 is 0 Å². The topological polar surface area (TPSA) is 21.3 Å². The van der Waals surface area contributed by atoms with Gasteiger partial charge in [0.1, 0.15) is 5.75 Å². The van der Waals surface area contributed by atoms with Gasteiger partial charge in [-0.1, -0.05) is 19.9 Å². The Balaban J connectivity index is 2.52. The van der Waals surface area contributed by atoms with Gasteiger partial charge >= 0.3 is 0 Å². The van der Waals surface area contributed by atoms with E-state index in [-0.39, 0.29) is 0 Å². The number of hydrogen-bond donors (Lipinski definition) is 1. The fraction of sp³-hybridized carbons (Fsp3) is 0.500. The molecule has 0 bridgehead atoms. The van der Waals surface area contributed by atoms with Gasteiger partial charge in [0, 0.05) is 6.54 Å². The van der Waals surface area contributed by atoms with Gasteiger partial charge in [-0.25, -0.2) is 0 Å². The first kappa shape index (κ1) is 12.8. The first-order chi connectivity index (χ1) is 7.13. The number of halogens is 1. The van der Waals surface area contributed by atoms with Crippen LogP contribution in [0.3, 0.4) is 0 Å². The Morgan fingerprint density at radius 2 is 2.13 bits per heavy atom. The van der Waals surface area contributed by atoms with Crippen LogP contribution in [0.15, 0.2) is 18.2 Å². The van der Waals surface area contributed by atoms with Gasteiger partial charge in [-0.15, -0.1) is 0 Å². The molecule has 1 rings (SSSR count). The van der Waals surface area contributed by atoms with E-state index in [9.17, 15) is 0 Å². The molecule has 0 aliphatic carbocycles. The van der Waals surface area contributed by atoms with Crippen LogP contribution in [0.25, 0.3) is 0 Å². The van der Waals surface area contributed by atoms with Crippen molar-refractivity contribution in [2.45, 2.75) is 20.4 Å². The molecule has 0 aliphatic heterocycles. The maximum Gasteiger partial charge on any atom is 0.132 e. The largest absolute Gasteiger partial charge is 0.496 e.